The Morgan fingerprint density at radius 2 is 1.87 bits per heavy atom. The Balaban J connectivity index is 2.08. The fourth-order valence-electron chi connectivity index (χ4n) is 1.41. The molecule has 2 rings (SSSR count). The second-order valence-electron chi connectivity index (χ2n) is 3.39. The molecular weight excluding hydrogens is 186 g/mol. The molecule has 0 spiro atoms. The van der Waals surface area contributed by atoms with E-state index < -0.39 is 0 Å². The zero-order chi connectivity index (χ0) is 10.5. The van der Waals surface area contributed by atoms with E-state index in [0.717, 1.165) is 5.69 Å². The number of rotatable bonds is 3. The third-order valence-electron chi connectivity index (χ3n) is 2.25. The van der Waals surface area contributed by atoms with Crippen LogP contribution in [0.25, 0.3) is 0 Å². The van der Waals surface area contributed by atoms with E-state index in [9.17, 15) is 0 Å². The zero-order valence-electron chi connectivity index (χ0n) is 8.59. The zero-order valence-corrected chi connectivity index (χ0v) is 8.59. The third-order valence-corrected chi connectivity index (χ3v) is 2.25. The maximum Gasteiger partial charge on any atom is 0.0500 e. The molecule has 0 aliphatic carbocycles. The molecule has 15 heavy (non-hydrogen) atoms. The van der Waals surface area contributed by atoms with Crippen LogP contribution in [0.15, 0.2) is 49.1 Å². The highest BCUT2D eigenvalue weighted by molar-refractivity contribution is 5.43. The van der Waals surface area contributed by atoms with Crippen LogP contribution in [0.5, 0.6) is 0 Å². The molecule has 0 fully saturated rings. The summed E-state index contributed by atoms with van der Waals surface area (Å²) in [5.74, 6) is 0. The van der Waals surface area contributed by atoms with Gasteiger partial charge in [-0.15, -0.1) is 0 Å². The van der Waals surface area contributed by atoms with Gasteiger partial charge >= 0.3 is 0 Å². The second-order valence-corrected chi connectivity index (χ2v) is 3.39. The highest BCUT2D eigenvalue weighted by Crippen LogP contribution is 2.16. The van der Waals surface area contributed by atoms with Crippen LogP contribution in [-0.2, 0) is 0 Å². The summed E-state index contributed by atoms with van der Waals surface area (Å²) >= 11 is 0. The predicted molar refractivity (Wildman–Crippen MR) is 60.5 cm³/mol. The molecule has 0 aliphatic heterocycles. The van der Waals surface area contributed by atoms with Gasteiger partial charge in [-0.3, -0.25) is 9.97 Å². The van der Waals surface area contributed by atoms with Crippen LogP contribution in [0, 0.1) is 0 Å². The number of hydrogen-bond donors (Lipinski definition) is 1. The molecule has 1 atom stereocenters. The first-order valence-electron chi connectivity index (χ1n) is 4.93. The van der Waals surface area contributed by atoms with E-state index in [1.54, 1.807) is 18.6 Å². The smallest absolute Gasteiger partial charge is 0.0500 e. The van der Waals surface area contributed by atoms with E-state index in [1.807, 2.05) is 24.4 Å². The summed E-state index contributed by atoms with van der Waals surface area (Å²) in [6.45, 7) is 2.11. The average molecular weight is 199 g/mol. The molecular formula is C12H13N3. The van der Waals surface area contributed by atoms with Gasteiger partial charge < -0.3 is 5.32 Å². The summed E-state index contributed by atoms with van der Waals surface area (Å²) in [5.41, 5.74) is 2.25. The topological polar surface area (TPSA) is 37.8 Å². The van der Waals surface area contributed by atoms with Crippen molar-refractivity contribution in [3.63, 3.8) is 0 Å². The molecule has 0 amide bonds. The molecule has 3 heteroatoms. The van der Waals surface area contributed by atoms with E-state index in [4.69, 9.17) is 0 Å². The number of hydrogen-bond acceptors (Lipinski definition) is 3. The van der Waals surface area contributed by atoms with E-state index in [2.05, 4.69) is 28.3 Å². The van der Waals surface area contributed by atoms with Crippen molar-refractivity contribution in [2.45, 2.75) is 13.0 Å². The lowest BCUT2D eigenvalue weighted by atomic mass is 10.1. The van der Waals surface area contributed by atoms with Crippen molar-refractivity contribution >= 4 is 5.69 Å². The monoisotopic (exact) mass is 199 g/mol. The molecule has 76 valence electrons. The van der Waals surface area contributed by atoms with E-state index in [-0.39, 0.29) is 6.04 Å². The van der Waals surface area contributed by atoms with Gasteiger partial charge in [0.2, 0.25) is 0 Å². The van der Waals surface area contributed by atoms with Crippen LogP contribution in [-0.4, -0.2) is 9.97 Å². The fraction of sp³-hybridized carbons (Fsp3) is 0.167. The maximum atomic E-state index is 4.10. The van der Waals surface area contributed by atoms with E-state index >= 15 is 0 Å². The minimum atomic E-state index is 0.251. The lowest BCUT2D eigenvalue weighted by Crippen LogP contribution is -2.06. The van der Waals surface area contributed by atoms with Crippen LogP contribution >= 0.6 is 0 Å². The van der Waals surface area contributed by atoms with Gasteiger partial charge in [0.25, 0.3) is 0 Å². The van der Waals surface area contributed by atoms with E-state index in [0.29, 0.717) is 0 Å². The second kappa shape index (κ2) is 4.55. The normalized spacial score (nSPS) is 12.1. The summed E-state index contributed by atoms with van der Waals surface area (Å²) in [7, 11) is 0. The van der Waals surface area contributed by atoms with Gasteiger partial charge in [0.05, 0.1) is 6.04 Å². The molecule has 3 nitrogen and oxygen atoms in total. The summed E-state index contributed by atoms with van der Waals surface area (Å²) in [6.07, 6.45) is 7.21. The standard InChI is InChI=1S/C12H13N3/c1-10(11-3-2-6-14-9-11)15-12-4-7-13-8-5-12/h2-10H,1H3,(H,13,15). The lowest BCUT2D eigenvalue weighted by molar-refractivity contribution is 0.875. The molecule has 2 aromatic heterocycles. The summed E-state index contributed by atoms with van der Waals surface area (Å²) in [5, 5.41) is 3.38. The molecule has 2 aromatic rings. The SMILES string of the molecule is CC(Nc1ccncc1)c1cccnc1. The molecule has 1 unspecified atom stereocenters. The van der Waals surface area contributed by atoms with Crippen molar-refractivity contribution in [2.24, 2.45) is 0 Å². The molecule has 0 aliphatic rings. The minimum absolute atomic E-state index is 0.251. The van der Waals surface area contributed by atoms with Crippen LogP contribution < -0.4 is 5.32 Å². The first-order valence-corrected chi connectivity index (χ1v) is 4.93. The average Bonchev–Trinajstić information content (AvgIpc) is 2.31. The van der Waals surface area contributed by atoms with Crippen molar-refractivity contribution < 1.29 is 0 Å². The van der Waals surface area contributed by atoms with Gasteiger partial charge in [-0.2, -0.15) is 0 Å². The van der Waals surface area contributed by atoms with Crippen molar-refractivity contribution in [1.82, 2.24) is 9.97 Å². The van der Waals surface area contributed by atoms with Crippen molar-refractivity contribution in [1.29, 1.82) is 0 Å². The summed E-state index contributed by atoms with van der Waals surface area (Å²) < 4.78 is 0. The third kappa shape index (κ3) is 2.53. The molecule has 0 saturated heterocycles. The van der Waals surface area contributed by atoms with Crippen LogP contribution in [0.2, 0.25) is 0 Å². The predicted octanol–water partition coefficient (Wildman–Crippen LogP) is 2.65. The number of nitrogens with zero attached hydrogens (tertiary/aromatic N) is 2. The Kier molecular flexibility index (Phi) is 2.93. The fourth-order valence-corrected chi connectivity index (χ4v) is 1.41. The quantitative estimate of drug-likeness (QED) is 0.825. The summed E-state index contributed by atoms with van der Waals surface area (Å²) in [4.78, 5) is 8.07. The van der Waals surface area contributed by atoms with Gasteiger partial charge in [-0.1, -0.05) is 6.07 Å². The Morgan fingerprint density at radius 1 is 1.07 bits per heavy atom. The van der Waals surface area contributed by atoms with Crippen molar-refractivity contribution in [3.05, 3.63) is 54.6 Å². The largest absolute Gasteiger partial charge is 0.378 e. The van der Waals surface area contributed by atoms with Crippen LogP contribution in [0.4, 0.5) is 5.69 Å². The molecule has 1 N–H and O–H groups in total. The Bertz CT molecular complexity index is 400. The Morgan fingerprint density at radius 3 is 2.53 bits per heavy atom. The molecule has 0 saturated carbocycles. The van der Waals surface area contributed by atoms with E-state index in [1.165, 1.54) is 5.56 Å². The first kappa shape index (κ1) is 9.65. The Labute approximate surface area is 89.2 Å². The number of nitrogens with one attached hydrogen (secondary N) is 1. The van der Waals surface area contributed by atoms with Crippen molar-refractivity contribution in [2.75, 3.05) is 5.32 Å². The van der Waals surface area contributed by atoms with Gasteiger partial charge in [0, 0.05) is 30.5 Å². The molecule has 2 heterocycles. The molecule has 0 aromatic carbocycles. The van der Waals surface area contributed by atoms with Crippen LogP contribution in [0.3, 0.4) is 0 Å². The minimum Gasteiger partial charge on any atom is -0.378 e. The first-order chi connectivity index (χ1) is 7.36. The number of pyridine rings is 2. The highest BCUT2D eigenvalue weighted by atomic mass is 14.9. The van der Waals surface area contributed by atoms with Gasteiger partial charge in [-0.05, 0) is 30.7 Å². The van der Waals surface area contributed by atoms with Gasteiger partial charge in [0.1, 0.15) is 0 Å². The van der Waals surface area contributed by atoms with Crippen molar-refractivity contribution in [3.8, 4) is 0 Å². The molecule has 0 radical (unpaired) electrons. The van der Waals surface area contributed by atoms with Gasteiger partial charge in [-0.25, -0.2) is 0 Å². The van der Waals surface area contributed by atoms with Gasteiger partial charge in [0.15, 0.2) is 0 Å². The lowest BCUT2D eigenvalue weighted by Gasteiger charge is -2.14. The molecule has 0 bridgehead atoms. The highest BCUT2D eigenvalue weighted by Gasteiger charge is 2.03. The number of anilines is 1. The summed E-state index contributed by atoms with van der Waals surface area (Å²) in [6, 6.07) is 8.16. The number of aromatic nitrogens is 2. The Hall–Kier alpha value is -1.90. The van der Waals surface area contributed by atoms with Crippen LogP contribution in [0.1, 0.15) is 18.5 Å². The maximum absolute atomic E-state index is 4.10.